The molecular formula is C8H4F3IN2. The number of halogens is 4. The molecule has 0 unspecified atom stereocenters. The van der Waals surface area contributed by atoms with Crippen molar-refractivity contribution in [1.29, 1.82) is 5.26 Å². The van der Waals surface area contributed by atoms with Crippen molar-refractivity contribution >= 4 is 22.6 Å². The number of nitrogens with zero attached hydrogens (tertiary/aromatic N) is 2. The lowest BCUT2D eigenvalue weighted by Gasteiger charge is -2.05. The third kappa shape index (κ3) is 2.15. The fourth-order valence-electron chi connectivity index (χ4n) is 0.913. The molecule has 74 valence electrons. The molecule has 0 bridgehead atoms. The van der Waals surface area contributed by atoms with E-state index in [1.165, 1.54) is 0 Å². The van der Waals surface area contributed by atoms with Crippen LogP contribution in [0.15, 0.2) is 6.20 Å². The highest BCUT2D eigenvalue weighted by molar-refractivity contribution is 14.1. The highest BCUT2D eigenvalue weighted by atomic mass is 127. The minimum atomic E-state index is -2.95. The van der Waals surface area contributed by atoms with Gasteiger partial charge in [-0.2, -0.15) is 5.26 Å². The standard InChI is InChI=1S/C8H4F3IN2/c9-6-4(1-2-13)5(12)3-14-7(6)8(10)11/h3,8H,1H2. The molecule has 0 fully saturated rings. The van der Waals surface area contributed by atoms with Gasteiger partial charge in [0.1, 0.15) is 5.69 Å². The first-order valence-electron chi connectivity index (χ1n) is 3.55. The van der Waals surface area contributed by atoms with Crippen LogP contribution in [0, 0.1) is 20.7 Å². The summed E-state index contributed by atoms with van der Waals surface area (Å²) in [7, 11) is 0. The Morgan fingerprint density at radius 2 is 2.21 bits per heavy atom. The molecular weight excluding hydrogens is 308 g/mol. The number of nitriles is 1. The van der Waals surface area contributed by atoms with Crippen LogP contribution in [0.4, 0.5) is 13.2 Å². The summed E-state index contributed by atoms with van der Waals surface area (Å²) in [5, 5.41) is 8.37. The maximum atomic E-state index is 13.3. The largest absolute Gasteiger partial charge is 0.283 e. The van der Waals surface area contributed by atoms with Crippen LogP contribution < -0.4 is 0 Å². The topological polar surface area (TPSA) is 36.7 Å². The van der Waals surface area contributed by atoms with E-state index in [2.05, 4.69) is 4.98 Å². The van der Waals surface area contributed by atoms with Crippen molar-refractivity contribution in [3.8, 4) is 6.07 Å². The highest BCUT2D eigenvalue weighted by Gasteiger charge is 2.19. The van der Waals surface area contributed by atoms with Gasteiger partial charge < -0.3 is 0 Å². The average molecular weight is 312 g/mol. The van der Waals surface area contributed by atoms with Crippen molar-refractivity contribution in [1.82, 2.24) is 4.98 Å². The fourth-order valence-corrected chi connectivity index (χ4v) is 1.48. The summed E-state index contributed by atoms with van der Waals surface area (Å²) in [6.07, 6.45) is -2.05. The van der Waals surface area contributed by atoms with Crippen LogP contribution >= 0.6 is 22.6 Å². The van der Waals surface area contributed by atoms with E-state index in [4.69, 9.17) is 5.26 Å². The van der Waals surface area contributed by atoms with Gasteiger partial charge in [-0.25, -0.2) is 13.2 Å². The monoisotopic (exact) mass is 312 g/mol. The van der Waals surface area contributed by atoms with Gasteiger partial charge in [0.05, 0.1) is 12.5 Å². The fraction of sp³-hybridized carbons (Fsp3) is 0.250. The summed E-state index contributed by atoms with van der Waals surface area (Å²) in [5.41, 5.74) is -0.908. The summed E-state index contributed by atoms with van der Waals surface area (Å²) in [6.45, 7) is 0. The van der Waals surface area contributed by atoms with Gasteiger partial charge in [-0.1, -0.05) is 0 Å². The first-order valence-corrected chi connectivity index (χ1v) is 4.63. The normalized spacial score (nSPS) is 10.3. The maximum absolute atomic E-state index is 13.3. The first kappa shape index (κ1) is 11.2. The molecule has 14 heavy (non-hydrogen) atoms. The van der Waals surface area contributed by atoms with E-state index < -0.39 is 17.9 Å². The Morgan fingerprint density at radius 1 is 1.57 bits per heavy atom. The van der Waals surface area contributed by atoms with Crippen LogP contribution in [-0.4, -0.2) is 4.98 Å². The molecule has 0 saturated heterocycles. The molecule has 0 atom stereocenters. The van der Waals surface area contributed by atoms with Gasteiger partial charge in [0, 0.05) is 15.3 Å². The number of pyridine rings is 1. The quantitative estimate of drug-likeness (QED) is 0.788. The lowest BCUT2D eigenvalue weighted by Crippen LogP contribution is -2.03. The smallest absolute Gasteiger partial charge is 0.251 e. The van der Waals surface area contributed by atoms with Crippen LogP contribution in [0.25, 0.3) is 0 Å². The van der Waals surface area contributed by atoms with Gasteiger partial charge in [0.2, 0.25) is 0 Å². The zero-order valence-corrected chi connectivity index (χ0v) is 8.93. The van der Waals surface area contributed by atoms with Crippen molar-refractivity contribution in [2.75, 3.05) is 0 Å². The Kier molecular flexibility index (Phi) is 3.69. The molecule has 1 heterocycles. The summed E-state index contributed by atoms with van der Waals surface area (Å²) >= 11 is 1.75. The molecule has 1 aromatic heterocycles. The lowest BCUT2D eigenvalue weighted by molar-refractivity contribution is 0.140. The van der Waals surface area contributed by atoms with Crippen LogP contribution in [0.3, 0.4) is 0 Å². The number of rotatable bonds is 2. The zero-order valence-electron chi connectivity index (χ0n) is 6.77. The molecule has 0 aromatic carbocycles. The van der Waals surface area contributed by atoms with Gasteiger partial charge in [-0.05, 0) is 22.6 Å². The average Bonchev–Trinajstić information content (AvgIpc) is 2.11. The van der Waals surface area contributed by atoms with Crippen molar-refractivity contribution in [2.24, 2.45) is 0 Å². The second kappa shape index (κ2) is 4.59. The van der Waals surface area contributed by atoms with E-state index in [0.29, 0.717) is 3.57 Å². The molecule has 0 amide bonds. The Labute approximate surface area is 91.9 Å². The highest BCUT2D eigenvalue weighted by Crippen LogP contribution is 2.24. The number of alkyl halides is 2. The molecule has 1 aromatic rings. The molecule has 0 spiro atoms. The van der Waals surface area contributed by atoms with Crippen LogP contribution in [0.5, 0.6) is 0 Å². The maximum Gasteiger partial charge on any atom is 0.283 e. The van der Waals surface area contributed by atoms with Gasteiger partial charge in [-0.15, -0.1) is 0 Å². The van der Waals surface area contributed by atoms with E-state index in [-0.39, 0.29) is 12.0 Å². The van der Waals surface area contributed by atoms with E-state index in [9.17, 15) is 13.2 Å². The summed E-state index contributed by atoms with van der Waals surface area (Å²) in [4.78, 5) is 3.28. The molecule has 0 aliphatic carbocycles. The van der Waals surface area contributed by atoms with E-state index >= 15 is 0 Å². The van der Waals surface area contributed by atoms with E-state index in [0.717, 1.165) is 6.20 Å². The minimum Gasteiger partial charge on any atom is -0.251 e. The number of aromatic nitrogens is 1. The molecule has 0 aliphatic heterocycles. The molecule has 0 saturated carbocycles. The van der Waals surface area contributed by atoms with Gasteiger partial charge in [0.25, 0.3) is 6.43 Å². The van der Waals surface area contributed by atoms with Gasteiger partial charge in [-0.3, -0.25) is 4.98 Å². The predicted octanol–water partition coefficient (Wildman–Crippen LogP) is 2.83. The molecule has 6 heteroatoms. The van der Waals surface area contributed by atoms with E-state index in [1.807, 2.05) is 0 Å². The van der Waals surface area contributed by atoms with Gasteiger partial charge >= 0.3 is 0 Å². The van der Waals surface area contributed by atoms with Crippen LogP contribution in [-0.2, 0) is 6.42 Å². The summed E-state index contributed by atoms with van der Waals surface area (Å²) in [6, 6.07) is 1.71. The number of hydrogen-bond acceptors (Lipinski definition) is 2. The minimum absolute atomic E-state index is 0.0154. The molecule has 0 N–H and O–H groups in total. The Hall–Kier alpha value is -0.840. The van der Waals surface area contributed by atoms with Gasteiger partial charge in [0.15, 0.2) is 5.82 Å². The lowest BCUT2D eigenvalue weighted by atomic mass is 10.1. The van der Waals surface area contributed by atoms with Crippen LogP contribution in [0.2, 0.25) is 0 Å². The summed E-state index contributed by atoms with van der Waals surface area (Å²) < 4.78 is 38.0. The molecule has 0 radical (unpaired) electrons. The van der Waals surface area contributed by atoms with Crippen molar-refractivity contribution in [2.45, 2.75) is 12.8 Å². The zero-order chi connectivity index (χ0) is 10.7. The SMILES string of the molecule is N#CCc1c(I)cnc(C(F)F)c1F. The molecule has 0 aliphatic rings. The van der Waals surface area contributed by atoms with E-state index in [1.54, 1.807) is 28.7 Å². The Morgan fingerprint density at radius 3 is 2.71 bits per heavy atom. The second-order valence-corrected chi connectivity index (χ2v) is 3.58. The Balaban J connectivity index is 3.27. The first-order chi connectivity index (χ1) is 6.57. The van der Waals surface area contributed by atoms with Crippen molar-refractivity contribution < 1.29 is 13.2 Å². The second-order valence-electron chi connectivity index (χ2n) is 2.42. The van der Waals surface area contributed by atoms with Crippen LogP contribution in [0.1, 0.15) is 17.7 Å². The third-order valence-electron chi connectivity index (χ3n) is 1.56. The predicted molar refractivity (Wildman–Crippen MR) is 51.2 cm³/mol. The number of hydrogen-bond donors (Lipinski definition) is 0. The van der Waals surface area contributed by atoms with Crippen molar-refractivity contribution in [3.63, 3.8) is 0 Å². The van der Waals surface area contributed by atoms with Crippen molar-refractivity contribution in [3.05, 3.63) is 26.8 Å². The molecule has 1 rings (SSSR count). The summed E-state index contributed by atoms with van der Waals surface area (Å²) in [5.74, 6) is -1.08. The third-order valence-corrected chi connectivity index (χ3v) is 2.49. The Bertz CT molecular complexity index is 387. The molecule has 2 nitrogen and oxygen atoms in total.